The predicted molar refractivity (Wildman–Crippen MR) is 81.3 cm³/mol. The van der Waals surface area contributed by atoms with E-state index in [1.54, 1.807) is 13.8 Å². The first-order valence-corrected chi connectivity index (χ1v) is 7.09. The Bertz CT molecular complexity index is 889. The van der Waals surface area contributed by atoms with Gasteiger partial charge in [-0.3, -0.25) is 18.7 Å². The maximum atomic E-state index is 12.6. The zero-order valence-electron chi connectivity index (χ0n) is 13.4. The molecule has 0 spiro atoms. The van der Waals surface area contributed by atoms with E-state index < -0.39 is 23.3 Å². The first kappa shape index (κ1) is 16.7. The second kappa shape index (κ2) is 6.19. The molecular weight excluding hydrogens is 304 g/mol. The molecule has 124 valence electrons. The Morgan fingerprint density at radius 3 is 2.57 bits per heavy atom. The number of aryl methyl sites for hydroxylation is 1. The number of Topliss-reactive ketones (excluding diaryl/α,β-unsaturated/α-hetero) is 1. The second-order valence-electron chi connectivity index (χ2n) is 5.15. The van der Waals surface area contributed by atoms with E-state index in [-0.39, 0.29) is 29.9 Å². The summed E-state index contributed by atoms with van der Waals surface area (Å²) in [6.45, 7) is 2.90. The highest BCUT2D eigenvalue weighted by molar-refractivity contribution is 5.79. The van der Waals surface area contributed by atoms with Crippen molar-refractivity contribution in [1.29, 1.82) is 0 Å². The van der Waals surface area contributed by atoms with Crippen LogP contribution in [0.4, 0.5) is 0 Å². The van der Waals surface area contributed by atoms with Crippen LogP contribution in [0.15, 0.2) is 15.9 Å². The van der Waals surface area contributed by atoms with Gasteiger partial charge in [-0.25, -0.2) is 14.6 Å². The van der Waals surface area contributed by atoms with Gasteiger partial charge in [-0.1, -0.05) is 6.92 Å². The first-order chi connectivity index (χ1) is 10.8. The number of ketones is 1. The van der Waals surface area contributed by atoms with Crippen molar-refractivity contribution in [1.82, 2.24) is 18.7 Å². The zero-order chi connectivity index (χ0) is 17.3. The summed E-state index contributed by atoms with van der Waals surface area (Å²) < 4.78 is 8.05. The lowest BCUT2D eigenvalue weighted by atomic mass is 10.3. The Morgan fingerprint density at radius 1 is 1.35 bits per heavy atom. The minimum atomic E-state index is -0.787. The molecule has 0 saturated heterocycles. The summed E-state index contributed by atoms with van der Waals surface area (Å²) in [4.78, 5) is 52.3. The summed E-state index contributed by atoms with van der Waals surface area (Å²) in [7, 11) is 2.70. The number of ether oxygens (including phenoxy) is 1. The SMILES string of the molecule is CCC(=O)Cn1c(=O)c2c(ncn2[C@@H](C)C(=O)OC)n(C)c1=O. The fourth-order valence-electron chi connectivity index (χ4n) is 2.29. The minimum Gasteiger partial charge on any atom is -0.467 e. The van der Waals surface area contributed by atoms with Crippen LogP contribution in [-0.2, 0) is 27.9 Å². The van der Waals surface area contributed by atoms with Gasteiger partial charge in [-0.05, 0) is 6.92 Å². The summed E-state index contributed by atoms with van der Waals surface area (Å²) in [6, 6.07) is -0.787. The molecule has 0 bridgehead atoms. The van der Waals surface area contributed by atoms with Gasteiger partial charge in [0.25, 0.3) is 5.56 Å². The fourth-order valence-corrected chi connectivity index (χ4v) is 2.29. The van der Waals surface area contributed by atoms with Gasteiger partial charge in [0.15, 0.2) is 16.9 Å². The summed E-state index contributed by atoms with van der Waals surface area (Å²) in [5.74, 6) is -0.788. The molecule has 2 rings (SSSR count). The highest BCUT2D eigenvalue weighted by Crippen LogP contribution is 2.14. The van der Waals surface area contributed by atoms with Crippen LogP contribution in [-0.4, -0.2) is 37.5 Å². The van der Waals surface area contributed by atoms with E-state index in [1.807, 2.05) is 0 Å². The van der Waals surface area contributed by atoms with Gasteiger partial charge in [-0.15, -0.1) is 0 Å². The first-order valence-electron chi connectivity index (χ1n) is 7.09. The van der Waals surface area contributed by atoms with Crippen LogP contribution in [0.5, 0.6) is 0 Å². The van der Waals surface area contributed by atoms with Crippen LogP contribution < -0.4 is 11.2 Å². The van der Waals surface area contributed by atoms with E-state index >= 15 is 0 Å². The largest absolute Gasteiger partial charge is 0.467 e. The molecule has 0 fully saturated rings. The van der Waals surface area contributed by atoms with Crippen LogP contribution >= 0.6 is 0 Å². The van der Waals surface area contributed by atoms with E-state index in [0.717, 1.165) is 4.57 Å². The highest BCUT2D eigenvalue weighted by atomic mass is 16.5. The second-order valence-corrected chi connectivity index (χ2v) is 5.15. The normalized spacial score (nSPS) is 12.3. The lowest BCUT2D eigenvalue weighted by Gasteiger charge is -2.13. The highest BCUT2D eigenvalue weighted by Gasteiger charge is 2.23. The number of esters is 1. The molecule has 0 amide bonds. The van der Waals surface area contributed by atoms with Crippen molar-refractivity contribution in [2.24, 2.45) is 7.05 Å². The van der Waals surface area contributed by atoms with Gasteiger partial charge >= 0.3 is 11.7 Å². The number of carbonyl (C=O) groups excluding carboxylic acids is 2. The lowest BCUT2D eigenvalue weighted by molar-refractivity contribution is -0.143. The molecule has 0 unspecified atom stereocenters. The average molecular weight is 322 g/mol. The molecule has 0 radical (unpaired) electrons. The molecule has 9 heteroatoms. The van der Waals surface area contributed by atoms with Crippen molar-refractivity contribution in [2.75, 3.05) is 7.11 Å². The Labute approximate surface area is 131 Å². The standard InChI is InChI=1S/C14H18N4O5/c1-5-9(19)6-17-12(20)10-11(16(3)14(17)22)15-7-18(10)8(2)13(21)23-4/h7-8H,5-6H2,1-4H3/t8-/m0/s1. The topological polar surface area (TPSA) is 105 Å². The van der Waals surface area contributed by atoms with Crippen LogP contribution in [0, 0.1) is 0 Å². The maximum absolute atomic E-state index is 12.6. The zero-order valence-corrected chi connectivity index (χ0v) is 13.4. The number of methoxy groups -OCH3 is 1. The molecule has 0 N–H and O–H groups in total. The Balaban J connectivity index is 2.77. The van der Waals surface area contributed by atoms with Gasteiger partial charge in [-0.2, -0.15) is 0 Å². The van der Waals surface area contributed by atoms with Gasteiger partial charge in [0.2, 0.25) is 0 Å². The molecule has 2 aromatic rings. The lowest BCUT2D eigenvalue weighted by Crippen LogP contribution is -2.41. The number of carbonyl (C=O) groups is 2. The van der Waals surface area contributed by atoms with Crippen molar-refractivity contribution >= 4 is 22.9 Å². The van der Waals surface area contributed by atoms with Gasteiger partial charge < -0.3 is 9.30 Å². The molecule has 2 heterocycles. The predicted octanol–water partition coefficient (Wildman–Crippen LogP) is -0.390. The number of nitrogens with zero attached hydrogens (tertiary/aromatic N) is 4. The summed E-state index contributed by atoms with van der Waals surface area (Å²) in [6.07, 6.45) is 1.52. The van der Waals surface area contributed by atoms with E-state index in [1.165, 1.54) is 29.6 Å². The van der Waals surface area contributed by atoms with E-state index in [4.69, 9.17) is 0 Å². The third-order valence-electron chi connectivity index (χ3n) is 3.75. The fraction of sp³-hybridized carbons (Fsp3) is 0.500. The number of aromatic nitrogens is 4. The third-order valence-corrected chi connectivity index (χ3v) is 3.75. The molecule has 0 aromatic carbocycles. The van der Waals surface area contributed by atoms with Gasteiger partial charge in [0, 0.05) is 13.5 Å². The number of rotatable bonds is 5. The molecule has 23 heavy (non-hydrogen) atoms. The molecule has 0 aliphatic rings. The molecule has 0 saturated carbocycles. The Kier molecular flexibility index (Phi) is 4.48. The van der Waals surface area contributed by atoms with Crippen LogP contribution in [0.2, 0.25) is 0 Å². The van der Waals surface area contributed by atoms with E-state index in [2.05, 4.69) is 9.72 Å². The number of hydrogen-bond donors (Lipinski definition) is 0. The van der Waals surface area contributed by atoms with Crippen molar-refractivity contribution < 1.29 is 14.3 Å². The van der Waals surface area contributed by atoms with Crippen LogP contribution in [0.25, 0.3) is 11.2 Å². The minimum absolute atomic E-state index is 0.0777. The number of fused-ring (bicyclic) bond motifs is 1. The smallest absolute Gasteiger partial charge is 0.332 e. The van der Waals surface area contributed by atoms with Gasteiger partial charge in [0.05, 0.1) is 20.0 Å². The monoisotopic (exact) mass is 322 g/mol. The van der Waals surface area contributed by atoms with Crippen LogP contribution in [0.3, 0.4) is 0 Å². The molecular formula is C14H18N4O5. The molecule has 9 nitrogen and oxygen atoms in total. The summed E-state index contributed by atoms with van der Waals surface area (Å²) in [5.41, 5.74) is -1.05. The number of imidazole rings is 1. The molecule has 2 aromatic heterocycles. The Morgan fingerprint density at radius 2 is 2.00 bits per heavy atom. The summed E-state index contributed by atoms with van der Waals surface area (Å²) in [5, 5.41) is 0. The van der Waals surface area contributed by atoms with Crippen molar-refractivity contribution in [3.63, 3.8) is 0 Å². The van der Waals surface area contributed by atoms with Crippen molar-refractivity contribution in [3.8, 4) is 0 Å². The molecule has 1 atom stereocenters. The quantitative estimate of drug-likeness (QED) is 0.694. The number of hydrogen-bond acceptors (Lipinski definition) is 6. The van der Waals surface area contributed by atoms with Crippen molar-refractivity contribution in [3.05, 3.63) is 27.2 Å². The van der Waals surface area contributed by atoms with Crippen LogP contribution in [0.1, 0.15) is 26.3 Å². The maximum Gasteiger partial charge on any atom is 0.332 e. The molecule has 0 aliphatic carbocycles. The van der Waals surface area contributed by atoms with E-state index in [9.17, 15) is 19.2 Å². The summed E-state index contributed by atoms with van der Waals surface area (Å²) >= 11 is 0. The molecule has 0 aliphatic heterocycles. The third kappa shape index (κ3) is 2.69. The van der Waals surface area contributed by atoms with E-state index in [0.29, 0.717) is 0 Å². The average Bonchev–Trinajstić information content (AvgIpc) is 3.00. The van der Waals surface area contributed by atoms with Gasteiger partial charge in [0.1, 0.15) is 6.04 Å². The van der Waals surface area contributed by atoms with Crippen molar-refractivity contribution in [2.45, 2.75) is 32.9 Å². The Hall–Kier alpha value is -2.71.